The van der Waals surface area contributed by atoms with E-state index in [1.54, 1.807) is 7.11 Å². The standard InChI is InChI=1S/C43H52Cl3N3O5/c1-26-20-36(45)40(37(46)21-26)53-33-16-18-47(25-33)30-9-7-28(8-10-30)34-23-32-13-15-38(49(32)42(51)54-43(2,3)4)39(34)41(50)48(31-11-12-31)24-29-22-27(17-19-52-5)6-14-35(29)44/h6-10,14,20-22,31-34,38-39H,11-13,15-19,23-25H2,1-5H3. The number of nitrogens with zero attached hydrogens (tertiary/aromatic N) is 3. The van der Waals surface area contributed by atoms with Crippen molar-refractivity contribution in [3.63, 3.8) is 0 Å². The van der Waals surface area contributed by atoms with Crippen molar-refractivity contribution < 1.29 is 23.8 Å². The van der Waals surface area contributed by atoms with E-state index in [2.05, 4.69) is 40.1 Å². The maximum Gasteiger partial charge on any atom is 0.410 e. The monoisotopic (exact) mass is 795 g/mol. The van der Waals surface area contributed by atoms with Crippen LogP contribution in [0.1, 0.15) is 87.5 Å². The van der Waals surface area contributed by atoms with E-state index < -0.39 is 11.5 Å². The Hall–Kier alpha value is -3.17. The quantitative estimate of drug-likeness (QED) is 0.193. The SMILES string of the molecule is COCCc1ccc(Cl)c(CN(C(=O)C2C(c3ccc(N4CCC(Oc5c(Cl)cc(C)cc5Cl)C4)cc3)CC3CCC2N3C(=O)OC(C)(C)C)C2CC2)c1. The number of amides is 2. The van der Waals surface area contributed by atoms with Gasteiger partial charge in [0.2, 0.25) is 5.91 Å². The molecule has 2 bridgehead atoms. The lowest BCUT2D eigenvalue weighted by Crippen LogP contribution is -2.56. The molecule has 7 rings (SSSR count). The fraction of sp³-hybridized carbons (Fsp3) is 0.535. The highest BCUT2D eigenvalue weighted by Crippen LogP contribution is 2.49. The average molecular weight is 797 g/mol. The van der Waals surface area contributed by atoms with Gasteiger partial charge in [-0.25, -0.2) is 4.79 Å². The zero-order valence-electron chi connectivity index (χ0n) is 32.0. The van der Waals surface area contributed by atoms with E-state index in [9.17, 15) is 4.79 Å². The maximum atomic E-state index is 15.1. The Morgan fingerprint density at radius 1 is 0.907 bits per heavy atom. The Morgan fingerprint density at radius 3 is 2.30 bits per heavy atom. The van der Waals surface area contributed by atoms with Crippen molar-refractivity contribution in [1.82, 2.24) is 9.80 Å². The van der Waals surface area contributed by atoms with Gasteiger partial charge in [0.25, 0.3) is 0 Å². The molecule has 8 nitrogen and oxygen atoms in total. The zero-order valence-corrected chi connectivity index (χ0v) is 34.2. The number of halogens is 3. The second-order valence-electron chi connectivity index (χ2n) is 16.5. The van der Waals surface area contributed by atoms with E-state index in [0.717, 1.165) is 73.0 Å². The zero-order chi connectivity index (χ0) is 38.3. The molecule has 11 heteroatoms. The molecule has 0 spiro atoms. The minimum atomic E-state index is -0.633. The number of piperidine rings is 1. The molecule has 3 saturated heterocycles. The summed E-state index contributed by atoms with van der Waals surface area (Å²) in [5, 5.41) is 1.70. The Labute approximate surface area is 334 Å². The summed E-state index contributed by atoms with van der Waals surface area (Å²) in [6.45, 7) is 10.2. The molecule has 290 valence electrons. The minimum absolute atomic E-state index is 0.0109. The molecule has 0 N–H and O–H groups in total. The van der Waals surface area contributed by atoms with Crippen LogP contribution in [0.25, 0.3) is 0 Å². The van der Waals surface area contributed by atoms with E-state index in [0.29, 0.717) is 46.9 Å². The molecule has 0 aromatic heterocycles. The number of hydrogen-bond acceptors (Lipinski definition) is 6. The van der Waals surface area contributed by atoms with E-state index in [1.165, 1.54) is 0 Å². The molecule has 3 aromatic carbocycles. The van der Waals surface area contributed by atoms with Crippen molar-refractivity contribution in [3.8, 4) is 5.75 Å². The number of anilines is 1. The molecule has 3 aromatic rings. The summed E-state index contributed by atoms with van der Waals surface area (Å²) in [7, 11) is 1.70. The predicted molar refractivity (Wildman–Crippen MR) is 215 cm³/mol. The third-order valence-corrected chi connectivity index (χ3v) is 12.3. The van der Waals surface area contributed by atoms with Gasteiger partial charge >= 0.3 is 6.09 Å². The summed E-state index contributed by atoms with van der Waals surface area (Å²) in [6, 6.07) is 18.4. The van der Waals surface area contributed by atoms with Gasteiger partial charge in [0.15, 0.2) is 5.75 Å². The lowest BCUT2D eigenvalue weighted by molar-refractivity contribution is -0.141. The molecular weight excluding hydrogens is 745 g/mol. The van der Waals surface area contributed by atoms with Crippen molar-refractivity contribution in [1.29, 1.82) is 0 Å². The van der Waals surface area contributed by atoms with E-state index >= 15 is 4.79 Å². The molecular formula is C43H52Cl3N3O5. The number of rotatable bonds is 11. The summed E-state index contributed by atoms with van der Waals surface area (Å²) in [6.07, 6.45) is 5.50. The van der Waals surface area contributed by atoms with Gasteiger partial charge in [0.05, 0.1) is 29.1 Å². The third kappa shape index (κ3) is 8.62. The molecule has 3 heterocycles. The highest BCUT2D eigenvalue weighted by Gasteiger charge is 2.55. The molecule has 1 saturated carbocycles. The van der Waals surface area contributed by atoms with Crippen molar-refractivity contribution in [2.45, 2.75) is 115 Å². The van der Waals surface area contributed by atoms with Crippen LogP contribution in [0.15, 0.2) is 54.6 Å². The Morgan fingerprint density at radius 2 is 1.63 bits per heavy atom. The van der Waals surface area contributed by atoms with Crippen LogP contribution in [0.5, 0.6) is 5.75 Å². The number of carbonyl (C=O) groups excluding carboxylic acids is 2. The highest BCUT2D eigenvalue weighted by atomic mass is 35.5. The van der Waals surface area contributed by atoms with Crippen LogP contribution in [0.2, 0.25) is 15.1 Å². The van der Waals surface area contributed by atoms with E-state index in [1.807, 2.05) is 56.9 Å². The van der Waals surface area contributed by atoms with Crippen molar-refractivity contribution in [2.75, 3.05) is 31.7 Å². The van der Waals surface area contributed by atoms with Gasteiger partial charge in [-0.05, 0) is 125 Å². The van der Waals surface area contributed by atoms with Crippen molar-refractivity contribution in [3.05, 3.63) is 91.9 Å². The second kappa shape index (κ2) is 16.1. The van der Waals surface area contributed by atoms with Crippen LogP contribution < -0.4 is 9.64 Å². The molecule has 4 fully saturated rings. The first-order valence-electron chi connectivity index (χ1n) is 19.3. The van der Waals surface area contributed by atoms with Crippen LogP contribution >= 0.6 is 34.8 Å². The predicted octanol–water partition coefficient (Wildman–Crippen LogP) is 9.86. The van der Waals surface area contributed by atoms with Crippen molar-refractivity contribution in [2.24, 2.45) is 5.92 Å². The molecule has 1 aliphatic carbocycles. The van der Waals surface area contributed by atoms with Gasteiger partial charge in [0, 0.05) is 55.5 Å². The number of fused-ring (bicyclic) bond motifs is 2. The first-order valence-corrected chi connectivity index (χ1v) is 20.5. The first-order chi connectivity index (χ1) is 25.8. The van der Waals surface area contributed by atoms with Gasteiger partial charge < -0.3 is 28.9 Å². The average Bonchev–Trinajstić information content (AvgIpc) is 3.77. The van der Waals surface area contributed by atoms with E-state index in [4.69, 9.17) is 49.0 Å². The highest BCUT2D eigenvalue weighted by molar-refractivity contribution is 6.37. The molecule has 4 aliphatic rings. The summed E-state index contributed by atoms with van der Waals surface area (Å²) in [4.78, 5) is 35.2. The summed E-state index contributed by atoms with van der Waals surface area (Å²) < 4.78 is 17.6. The molecule has 5 unspecified atom stereocenters. The van der Waals surface area contributed by atoms with E-state index in [-0.39, 0.29) is 42.1 Å². The van der Waals surface area contributed by atoms with Crippen LogP contribution in [0.3, 0.4) is 0 Å². The Balaban J connectivity index is 1.14. The molecule has 0 radical (unpaired) electrons. The third-order valence-electron chi connectivity index (χ3n) is 11.4. The topological polar surface area (TPSA) is 71.6 Å². The van der Waals surface area contributed by atoms with Gasteiger partial charge in [-0.3, -0.25) is 4.79 Å². The lowest BCUT2D eigenvalue weighted by Gasteiger charge is -2.45. The fourth-order valence-electron chi connectivity index (χ4n) is 8.71. The number of aryl methyl sites for hydroxylation is 1. The Kier molecular flexibility index (Phi) is 11.7. The largest absolute Gasteiger partial charge is 0.485 e. The second-order valence-corrected chi connectivity index (χ2v) is 17.8. The summed E-state index contributed by atoms with van der Waals surface area (Å²) in [5.41, 5.74) is 4.65. The number of ether oxygens (including phenoxy) is 3. The fourth-order valence-corrected chi connectivity index (χ4v) is 9.58. The van der Waals surface area contributed by atoms with Gasteiger partial charge in [-0.1, -0.05) is 59.1 Å². The molecule has 2 amide bonds. The van der Waals surface area contributed by atoms with Crippen molar-refractivity contribution >= 4 is 52.5 Å². The minimum Gasteiger partial charge on any atom is -0.485 e. The van der Waals surface area contributed by atoms with Crippen LogP contribution in [-0.4, -0.2) is 78.4 Å². The van der Waals surface area contributed by atoms with Crippen LogP contribution in [0, 0.1) is 12.8 Å². The summed E-state index contributed by atoms with van der Waals surface area (Å²) in [5.74, 6) is 0.173. The lowest BCUT2D eigenvalue weighted by atomic mass is 9.75. The van der Waals surface area contributed by atoms with Crippen LogP contribution in [-0.2, 0) is 27.2 Å². The van der Waals surface area contributed by atoms with Gasteiger partial charge in [-0.15, -0.1) is 0 Å². The number of methoxy groups -OCH3 is 1. The smallest absolute Gasteiger partial charge is 0.410 e. The molecule has 54 heavy (non-hydrogen) atoms. The maximum absolute atomic E-state index is 15.1. The van der Waals surface area contributed by atoms with Gasteiger partial charge in [0.1, 0.15) is 11.7 Å². The first kappa shape index (κ1) is 39.1. The Bertz CT molecular complexity index is 1820. The van der Waals surface area contributed by atoms with Crippen LogP contribution in [0.4, 0.5) is 10.5 Å². The number of benzene rings is 3. The van der Waals surface area contributed by atoms with Gasteiger partial charge in [-0.2, -0.15) is 0 Å². The number of hydrogen-bond donors (Lipinski definition) is 0. The molecule has 3 aliphatic heterocycles. The number of carbonyl (C=O) groups is 2. The molecule has 5 atom stereocenters. The summed E-state index contributed by atoms with van der Waals surface area (Å²) >= 11 is 19.8. The normalized spacial score (nSPS) is 23.8.